The van der Waals surface area contributed by atoms with Crippen LogP contribution in [-0.4, -0.2) is 51.7 Å². The third-order valence-electron chi connectivity index (χ3n) is 2.20. The maximum atomic E-state index is 10.5. The predicted octanol–water partition coefficient (Wildman–Crippen LogP) is 0.890. The zero-order chi connectivity index (χ0) is 13.5. The molecule has 8 heteroatoms. The summed E-state index contributed by atoms with van der Waals surface area (Å²) in [6, 6.07) is -2.19. The number of carboxylic acid groups (broad SMARTS) is 3. The summed E-state index contributed by atoms with van der Waals surface area (Å²) in [5.74, 6) is -2.99. The van der Waals surface area contributed by atoms with E-state index in [1.807, 2.05) is 0 Å². The number of hydrogen-bond donors (Lipinski definition) is 3. The van der Waals surface area contributed by atoms with Gasteiger partial charge in [0.1, 0.15) is 0 Å². The minimum Gasteiger partial charge on any atom is -0.481 e. The van der Waals surface area contributed by atoms with E-state index in [1.165, 1.54) is 0 Å². The molecule has 0 bridgehead atoms. The van der Waals surface area contributed by atoms with E-state index in [9.17, 15) is 14.4 Å². The first-order valence-electron chi connectivity index (χ1n) is 4.98. The first-order chi connectivity index (χ1) is 7.75. The van der Waals surface area contributed by atoms with Crippen LogP contribution in [0.4, 0.5) is 0 Å². The second-order valence-corrected chi connectivity index (χ2v) is 9.44. The molecule has 0 aromatic carbocycles. The van der Waals surface area contributed by atoms with Crippen LogP contribution >= 0.6 is 6.04 Å². The van der Waals surface area contributed by atoms with Crippen LogP contribution in [0.25, 0.3) is 0 Å². The Kier molecular flexibility index (Phi) is 6.99. The maximum absolute atomic E-state index is 10.5. The van der Waals surface area contributed by atoms with Crippen LogP contribution in [-0.2, 0) is 26.2 Å². The summed E-state index contributed by atoms with van der Waals surface area (Å²) in [6.07, 6.45) is 0.276. The molecule has 0 aliphatic carbocycles. The molecule has 0 aromatic heterocycles. The molecule has 0 aliphatic rings. The van der Waals surface area contributed by atoms with E-state index in [0.717, 1.165) is 0 Å². The molecule has 3 N–H and O–H groups in total. The van der Waals surface area contributed by atoms with E-state index in [0.29, 0.717) is 0 Å². The van der Waals surface area contributed by atoms with E-state index in [1.54, 1.807) is 0 Å². The van der Waals surface area contributed by atoms with Gasteiger partial charge in [-0.2, -0.15) is 0 Å². The Labute approximate surface area is 104 Å². The van der Waals surface area contributed by atoms with Crippen molar-refractivity contribution in [2.45, 2.75) is 19.3 Å². The second-order valence-electron chi connectivity index (χ2n) is 3.66. The van der Waals surface area contributed by atoms with Crippen LogP contribution in [0.3, 0.4) is 0 Å². The summed E-state index contributed by atoms with van der Waals surface area (Å²) in [5, 5.41) is 25.7. The van der Waals surface area contributed by atoms with Gasteiger partial charge in [0, 0.05) is 19.3 Å². The Hall–Kier alpha value is -0.940. The molecule has 0 aliphatic heterocycles. The maximum Gasteiger partial charge on any atom is 0.303 e. The summed E-state index contributed by atoms with van der Waals surface area (Å²) in [7, 11) is 0. The normalized spacial score (nSPS) is 11.1. The topological polar surface area (TPSA) is 112 Å². The molecule has 0 saturated carbocycles. The van der Waals surface area contributed by atoms with Crippen LogP contribution in [0, 0.1) is 0 Å². The molecule has 98 valence electrons. The molecule has 0 heterocycles. The standard InChI is InChI=1S/C9H15O6PS/c10-7(11)1-4-16(17,5-2-8(12)13)6-3-9(14)15/h1-6H2,(H,10,11)(H,12,13)(H,14,15). The van der Waals surface area contributed by atoms with Gasteiger partial charge >= 0.3 is 17.9 Å². The lowest BCUT2D eigenvalue weighted by molar-refractivity contribution is -0.137. The second kappa shape index (κ2) is 7.40. The van der Waals surface area contributed by atoms with E-state index in [2.05, 4.69) is 0 Å². The average Bonchev–Trinajstić information content (AvgIpc) is 2.21. The van der Waals surface area contributed by atoms with Crippen molar-refractivity contribution < 1.29 is 29.7 Å². The van der Waals surface area contributed by atoms with Crippen LogP contribution in [0.15, 0.2) is 0 Å². The SMILES string of the molecule is O=C(O)CCP(=S)(CCC(=O)O)CCC(=O)O. The Morgan fingerprint density at radius 1 is 0.765 bits per heavy atom. The fraction of sp³-hybridized carbons (Fsp3) is 0.667. The summed E-state index contributed by atoms with van der Waals surface area (Å²) in [5.41, 5.74) is 0. The van der Waals surface area contributed by atoms with Gasteiger partial charge in [-0.05, 0) is 24.5 Å². The van der Waals surface area contributed by atoms with Crippen molar-refractivity contribution in [1.82, 2.24) is 0 Å². The minimum atomic E-state index is -2.19. The highest BCUT2D eigenvalue weighted by atomic mass is 32.4. The van der Waals surface area contributed by atoms with Crippen molar-refractivity contribution in [2.75, 3.05) is 18.5 Å². The van der Waals surface area contributed by atoms with E-state index in [4.69, 9.17) is 27.1 Å². The van der Waals surface area contributed by atoms with Crippen molar-refractivity contribution in [3.05, 3.63) is 0 Å². The van der Waals surface area contributed by atoms with E-state index >= 15 is 0 Å². The van der Waals surface area contributed by atoms with E-state index in [-0.39, 0.29) is 37.7 Å². The Morgan fingerprint density at radius 3 is 1.18 bits per heavy atom. The average molecular weight is 282 g/mol. The van der Waals surface area contributed by atoms with Gasteiger partial charge in [-0.15, -0.1) is 0 Å². The van der Waals surface area contributed by atoms with Crippen LogP contribution in [0.5, 0.6) is 0 Å². The molecule has 17 heavy (non-hydrogen) atoms. The Bertz CT molecular complexity index is 301. The largest absolute Gasteiger partial charge is 0.481 e. The van der Waals surface area contributed by atoms with Crippen LogP contribution < -0.4 is 0 Å². The molecule has 0 spiro atoms. The summed E-state index contributed by atoms with van der Waals surface area (Å²) >= 11 is 5.28. The highest BCUT2D eigenvalue weighted by Crippen LogP contribution is 2.47. The highest BCUT2D eigenvalue weighted by Gasteiger charge is 2.20. The third-order valence-corrected chi connectivity index (χ3v) is 6.96. The molecular formula is C9H15O6PS. The number of carboxylic acids is 3. The molecule has 0 saturated heterocycles. The van der Waals surface area contributed by atoms with Crippen molar-refractivity contribution in [3.63, 3.8) is 0 Å². The summed E-state index contributed by atoms with van der Waals surface area (Å²) in [6.45, 7) is 0. The van der Waals surface area contributed by atoms with Gasteiger partial charge in [-0.3, -0.25) is 14.4 Å². The molecule has 0 rings (SSSR count). The monoisotopic (exact) mass is 282 g/mol. The molecule has 6 nitrogen and oxygen atoms in total. The molecule has 0 aromatic rings. The van der Waals surface area contributed by atoms with Crippen molar-refractivity contribution in [3.8, 4) is 0 Å². The lowest BCUT2D eigenvalue weighted by Crippen LogP contribution is -2.10. The Morgan fingerprint density at radius 2 is 1.00 bits per heavy atom. The van der Waals surface area contributed by atoms with E-state index < -0.39 is 23.9 Å². The van der Waals surface area contributed by atoms with Gasteiger partial charge in [-0.25, -0.2) is 0 Å². The summed E-state index contributed by atoms with van der Waals surface area (Å²) < 4.78 is 0. The summed E-state index contributed by atoms with van der Waals surface area (Å²) in [4.78, 5) is 31.4. The number of rotatable bonds is 9. The highest BCUT2D eigenvalue weighted by molar-refractivity contribution is 8.14. The molecule has 0 unspecified atom stereocenters. The van der Waals surface area contributed by atoms with Crippen molar-refractivity contribution in [1.29, 1.82) is 0 Å². The lowest BCUT2D eigenvalue weighted by atomic mass is 10.5. The zero-order valence-electron chi connectivity index (χ0n) is 9.16. The fourth-order valence-corrected chi connectivity index (χ4v) is 4.52. The molecule has 0 fully saturated rings. The first kappa shape index (κ1) is 16.1. The van der Waals surface area contributed by atoms with Gasteiger partial charge in [0.15, 0.2) is 0 Å². The number of hydrogen-bond acceptors (Lipinski definition) is 4. The number of carbonyl (C=O) groups is 3. The van der Waals surface area contributed by atoms with Gasteiger partial charge in [0.25, 0.3) is 0 Å². The van der Waals surface area contributed by atoms with Crippen LogP contribution in [0.2, 0.25) is 0 Å². The van der Waals surface area contributed by atoms with Gasteiger partial charge < -0.3 is 15.3 Å². The predicted molar refractivity (Wildman–Crippen MR) is 65.6 cm³/mol. The fourth-order valence-electron chi connectivity index (χ4n) is 1.23. The van der Waals surface area contributed by atoms with Crippen molar-refractivity contribution in [2.24, 2.45) is 0 Å². The molecular weight excluding hydrogens is 267 g/mol. The first-order valence-corrected chi connectivity index (χ1v) is 8.33. The quantitative estimate of drug-likeness (QED) is 0.538. The zero-order valence-corrected chi connectivity index (χ0v) is 10.9. The lowest BCUT2D eigenvalue weighted by Gasteiger charge is -2.19. The molecule has 0 radical (unpaired) electrons. The smallest absolute Gasteiger partial charge is 0.303 e. The van der Waals surface area contributed by atoms with Gasteiger partial charge in [0.2, 0.25) is 0 Å². The van der Waals surface area contributed by atoms with Gasteiger partial charge in [0.05, 0.1) is 0 Å². The minimum absolute atomic E-state index is 0.128. The van der Waals surface area contributed by atoms with Gasteiger partial charge in [-0.1, -0.05) is 11.8 Å². The molecule has 0 atom stereocenters. The Balaban J connectivity index is 4.44. The third kappa shape index (κ3) is 8.83. The van der Waals surface area contributed by atoms with Crippen LogP contribution in [0.1, 0.15) is 19.3 Å². The van der Waals surface area contributed by atoms with Crippen molar-refractivity contribution >= 4 is 35.8 Å². The molecule has 0 amide bonds. The number of aliphatic carboxylic acids is 3.